The molecule has 2 aliphatic carbocycles. The Kier molecular flexibility index (Phi) is 5.10. The van der Waals surface area contributed by atoms with Gasteiger partial charge in [0, 0.05) is 29.0 Å². The number of hydrogen-bond acceptors (Lipinski definition) is 3. The molecule has 1 saturated carbocycles. The van der Waals surface area contributed by atoms with Gasteiger partial charge in [-0.3, -0.25) is 4.79 Å². The number of rotatable bonds is 5. The number of nitrogens with one attached hydrogen (secondary N) is 1. The van der Waals surface area contributed by atoms with E-state index in [1.54, 1.807) is 12.1 Å². The molecule has 5 nitrogen and oxygen atoms in total. The van der Waals surface area contributed by atoms with Crippen LogP contribution in [0.2, 0.25) is 0 Å². The highest BCUT2D eigenvalue weighted by Gasteiger charge is 2.54. The molecule has 2 aromatic carbocycles. The van der Waals surface area contributed by atoms with Crippen molar-refractivity contribution >= 4 is 27.3 Å². The molecule has 0 radical (unpaired) electrons. The minimum atomic E-state index is -3.79. The zero-order chi connectivity index (χ0) is 24.5. The van der Waals surface area contributed by atoms with Crippen molar-refractivity contribution in [2.24, 2.45) is 11.3 Å². The van der Waals surface area contributed by atoms with Crippen LogP contribution in [0.25, 0.3) is 10.9 Å². The molecular weight excluding hydrogens is 444 g/mol. The van der Waals surface area contributed by atoms with Crippen LogP contribution < -0.4 is 5.32 Å². The van der Waals surface area contributed by atoms with Crippen LogP contribution in [-0.2, 0) is 20.2 Å². The molecule has 0 bridgehead atoms. The second-order valence-electron chi connectivity index (χ2n) is 10.8. The Bertz CT molecular complexity index is 1400. The van der Waals surface area contributed by atoms with Crippen LogP contribution in [0.3, 0.4) is 0 Å². The molecule has 1 heterocycles. The maximum atomic E-state index is 13.8. The highest BCUT2D eigenvalue weighted by molar-refractivity contribution is 7.90. The van der Waals surface area contributed by atoms with Gasteiger partial charge in [0.05, 0.1) is 10.4 Å². The topological polar surface area (TPSA) is 68.2 Å². The number of carbonyl (C=O) groups is 1. The molecule has 1 N–H and O–H groups in total. The lowest BCUT2D eigenvalue weighted by Crippen LogP contribution is -2.55. The molecule has 4 atom stereocenters. The summed E-state index contributed by atoms with van der Waals surface area (Å²) >= 11 is 0. The monoisotopic (exact) mass is 476 g/mol. The van der Waals surface area contributed by atoms with Gasteiger partial charge in [0.25, 0.3) is 10.0 Å². The summed E-state index contributed by atoms with van der Waals surface area (Å²) in [4.78, 5) is 12.0. The van der Waals surface area contributed by atoms with Crippen molar-refractivity contribution in [3.63, 3.8) is 0 Å². The molecule has 1 aromatic heterocycles. The Morgan fingerprint density at radius 2 is 1.82 bits per heavy atom. The molecule has 0 unspecified atom stereocenters. The fraction of sp³-hybridized carbons (Fsp3) is 0.393. The first-order chi connectivity index (χ1) is 16.1. The zero-order valence-electron chi connectivity index (χ0n) is 20.2. The summed E-state index contributed by atoms with van der Waals surface area (Å²) in [6, 6.07) is 12.8. The van der Waals surface area contributed by atoms with E-state index < -0.39 is 10.0 Å². The SMILES string of the molecule is C=C[C@@]1(C)CC[C@H]2[C@H](c3cn(S(=O)(=O)c4ccc(C)cc4)c4cccc(c34)C2(C)C)[C@H]1NC=O. The highest BCUT2D eigenvalue weighted by Crippen LogP contribution is 2.59. The summed E-state index contributed by atoms with van der Waals surface area (Å²) in [7, 11) is -3.79. The maximum Gasteiger partial charge on any atom is 0.268 e. The zero-order valence-corrected chi connectivity index (χ0v) is 21.0. The van der Waals surface area contributed by atoms with Gasteiger partial charge in [-0.25, -0.2) is 12.4 Å². The van der Waals surface area contributed by atoms with Gasteiger partial charge in [0.2, 0.25) is 6.41 Å². The molecule has 0 saturated heterocycles. The van der Waals surface area contributed by atoms with Crippen molar-refractivity contribution in [3.8, 4) is 0 Å². The molecule has 1 amide bonds. The predicted molar refractivity (Wildman–Crippen MR) is 135 cm³/mol. The lowest BCUT2D eigenvalue weighted by molar-refractivity contribution is -0.111. The Hall–Kier alpha value is -2.86. The van der Waals surface area contributed by atoms with Crippen molar-refractivity contribution < 1.29 is 13.2 Å². The minimum absolute atomic E-state index is 0.0242. The molecule has 34 heavy (non-hydrogen) atoms. The summed E-state index contributed by atoms with van der Waals surface area (Å²) in [5.41, 5.74) is 3.41. The Morgan fingerprint density at radius 1 is 1.12 bits per heavy atom. The average Bonchev–Trinajstić information content (AvgIpc) is 3.20. The van der Waals surface area contributed by atoms with Crippen LogP contribution in [-0.4, -0.2) is 24.8 Å². The van der Waals surface area contributed by atoms with Gasteiger partial charge in [-0.05, 0) is 60.4 Å². The first-order valence-electron chi connectivity index (χ1n) is 11.9. The first-order valence-corrected chi connectivity index (χ1v) is 13.3. The second-order valence-corrected chi connectivity index (χ2v) is 12.6. The molecule has 0 spiro atoms. The summed E-state index contributed by atoms with van der Waals surface area (Å²) in [6.45, 7) is 12.7. The molecular formula is C28H32N2O3S. The number of nitrogens with zero attached hydrogens (tertiary/aromatic N) is 1. The van der Waals surface area contributed by atoms with Gasteiger partial charge in [-0.2, -0.15) is 0 Å². The number of aromatic nitrogens is 1. The van der Waals surface area contributed by atoms with Crippen LogP contribution in [0.15, 0.2) is 66.2 Å². The fourth-order valence-electron chi connectivity index (χ4n) is 6.55. The van der Waals surface area contributed by atoms with Crippen molar-refractivity contribution in [1.29, 1.82) is 0 Å². The first kappa shape index (κ1) is 22.9. The van der Waals surface area contributed by atoms with Crippen molar-refractivity contribution in [3.05, 3.63) is 78.0 Å². The van der Waals surface area contributed by atoms with E-state index in [-0.39, 0.29) is 33.6 Å². The van der Waals surface area contributed by atoms with E-state index in [9.17, 15) is 13.2 Å². The minimum Gasteiger partial charge on any atom is -0.354 e. The molecule has 178 valence electrons. The third kappa shape index (κ3) is 3.04. The summed E-state index contributed by atoms with van der Waals surface area (Å²) in [5, 5.41) is 4.11. The summed E-state index contributed by atoms with van der Waals surface area (Å²) < 4.78 is 29.1. The van der Waals surface area contributed by atoms with E-state index in [4.69, 9.17) is 0 Å². The number of benzene rings is 2. The van der Waals surface area contributed by atoms with Gasteiger partial charge in [-0.15, -0.1) is 6.58 Å². The number of amides is 1. The van der Waals surface area contributed by atoms with E-state index in [0.717, 1.165) is 35.8 Å². The van der Waals surface area contributed by atoms with Crippen LogP contribution in [0.1, 0.15) is 56.2 Å². The van der Waals surface area contributed by atoms with Gasteiger partial charge < -0.3 is 5.32 Å². The van der Waals surface area contributed by atoms with Crippen LogP contribution in [0.5, 0.6) is 0 Å². The van der Waals surface area contributed by atoms with E-state index in [0.29, 0.717) is 5.52 Å². The predicted octanol–water partition coefficient (Wildman–Crippen LogP) is 5.28. The smallest absolute Gasteiger partial charge is 0.268 e. The van der Waals surface area contributed by atoms with E-state index >= 15 is 0 Å². The Balaban J connectivity index is 1.81. The normalized spacial score (nSPS) is 27.7. The molecule has 3 aromatic rings. The van der Waals surface area contributed by atoms with Crippen molar-refractivity contribution in [1.82, 2.24) is 9.29 Å². The van der Waals surface area contributed by atoms with Crippen molar-refractivity contribution in [2.75, 3.05) is 0 Å². The van der Waals surface area contributed by atoms with Gasteiger partial charge in [0.15, 0.2) is 0 Å². The lowest BCUT2D eigenvalue weighted by Gasteiger charge is -2.55. The summed E-state index contributed by atoms with van der Waals surface area (Å²) in [6.07, 6.45) is 6.43. The third-order valence-electron chi connectivity index (χ3n) is 8.59. The van der Waals surface area contributed by atoms with Crippen LogP contribution >= 0.6 is 0 Å². The second kappa shape index (κ2) is 7.57. The molecule has 6 heteroatoms. The standard InChI is InChI=1S/C28H32N2O3S/c1-6-28(5)15-14-22-25(26(28)29-17-31)20-16-30(34(32,33)19-12-10-18(2)11-13-19)23-9-7-8-21(24(20)23)27(22,3)4/h6-13,16-17,22,25-26H,1,14-15H2,2-5H3,(H,29,31)/t22-,25-,26+,28-/m0/s1. The fourth-order valence-corrected chi connectivity index (χ4v) is 7.92. The quantitative estimate of drug-likeness (QED) is 0.402. The molecule has 5 rings (SSSR count). The number of hydrogen-bond donors (Lipinski definition) is 1. The van der Waals surface area contributed by atoms with Crippen LogP contribution in [0, 0.1) is 18.3 Å². The number of fused-ring (bicyclic) bond motifs is 2. The van der Waals surface area contributed by atoms with Crippen LogP contribution in [0.4, 0.5) is 0 Å². The van der Waals surface area contributed by atoms with E-state index in [1.807, 2.05) is 43.5 Å². The van der Waals surface area contributed by atoms with E-state index in [1.165, 1.54) is 9.54 Å². The van der Waals surface area contributed by atoms with Gasteiger partial charge in [0.1, 0.15) is 0 Å². The average molecular weight is 477 g/mol. The molecule has 1 fully saturated rings. The van der Waals surface area contributed by atoms with E-state index in [2.05, 4.69) is 38.7 Å². The largest absolute Gasteiger partial charge is 0.354 e. The summed E-state index contributed by atoms with van der Waals surface area (Å²) in [5.74, 6) is 0.234. The highest BCUT2D eigenvalue weighted by atomic mass is 32.2. The molecule has 0 aliphatic heterocycles. The lowest BCUT2D eigenvalue weighted by atomic mass is 9.51. The molecule has 2 aliphatic rings. The number of aryl methyl sites for hydroxylation is 1. The third-order valence-corrected chi connectivity index (χ3v) is 10.3. The van der Waals surface area contributed by atoms with Crippen molar-refractivity contribution in [2.45, 2.75) is 62.8 Å². The number of carbonyl (C=O) groups excluding carboxylic acids is 1. The van der Waals surface area contributed by atoms with Gasteiger partial charge >= 0.3 is 0 Å². The maximum absolute atomic E-state index is 13.8. The Morgan fingerprint density at radius 3 is 2.47 bits per heavy atom. The Labute approximate surface area is 201 Å². The van der Waals surface area contributed by atoms with Gasteiger partial charge in [-0.1, -0.05) is 56.7 Å².